The van der Waals surface area contributed by atoms with Gasteiger partial charge in [-0.3, -0.25) is 14.5 Å². The molecule has 1 aliphatic carbocycles. The van der Waals surface area contributed by atoms with Gasteiger partial charge in [0.25, 0.3) is 11.8 Å². The Bertz CT molecular complexity index is 1100. The number of likely N-dealkylation sites (tertiary alicyclic amines) is 1. The van der Waals surface area contributed by atoms with Gasteiger partial charge in [-0.05, 0) is 75.2 Å². The highest BCUT2D eigenvalue weighted by Gasteiger charge is 2.38. The molecule has 0 unspecified atom stereocenters. The second-order valence-corrected chi connectivity index (χ2v) is 9.03. The molecule has 0 N–H and O–H groups in total. The largest absolute Gasteiger partial charge is 0.493 e. The van der Waals surface area contributed by atoms with Crippen LogP contribution in [0.25, 0.3) is 12.2 Å². The lowest BCUT2D eigenvalue weighted by Crippen LogP contribution is -2.35. The minimum Gasteiger partial charge on any atom is -0.493 e. The van der Waals surface area contributed by atoms with E-state index in [0.717, 1.165) is 24.0 Å². The summed E-state index contributed by atoms with van der Waals surface area (Å²) in [6, 6.07) is 15.2. The zero-order valence-corrected chi connectivity index (χ0v) is 20.1. The minimum atomic E-state index is -0.278. The molecule has 34 heavy (non-hydrogen) atoms. The number of rotatable bonds is 8. The highest BCUT2D eigenvalue weighted by Crippen LogP contribution is 2.34. The summed E-state index contributed by atoms with van der Waals surface area (Å²) in [5.41, 5.74) is 2.44. The molecular formula is C28H32N2O4. The highest BCUT2D eigenvalue weighted by molar-refractivity contribution is 6.28. The SMILES string of the molecule is COc1cc(/C=C2\C(=O)N(CCN(C)C)C(=O)\C2=C\c2ccccc2)ccc1OC1CCCC1. The summed E-state index contributed by atoms with van der Waals surface area (Å²) in [6.45, 7) is 0.941. The first-order valence-corrected chi connectivity index (χ1v) is 11.8. The normalized spacial score (nSPS) is 19.1. The van der Waals surface area contributed by atoms with Crippen molar-refractivity contribution in [1.29, 1.82) is 0 Å². The molecule has 6 heteroatoms. The van der Waals surface area contributed by atoms with Crippen LogP contribution in [0.15, 0.2) is 59.7 Å². The van der Waals surface area contributed by atoms with Gasteiger partial charge in [-0.1, -0.05) is 36.4 Å². The van der Waals surface area contributed by atoms with E-state index in [9.17, 15) is 9.59 Å². The number of hydrogen-bond acceptors (Lipinski definition) is 5. The molecule has 2 aromatic rings. The van der Waals surface area contributed by atoms with E-state index < -0.39 is 0 Å². The van der Waals surface area contributed by atoms with Crippen molar-refractivity contribution in [2.24, 2.45) is 0 Å². The van der Waals surface area contributed by atoms with Crippen LogP contribution in [0.5, 0.6) is 11.5 Å². The van der Waals surface area contributed by atoms with E-state index in [0.29, 0.717) is 35.7 Å². The number of carbonyl (C=O) groups is 2. The van der Waals surface area contributed by atoms with Gasteiger partial charge in [0.1, 0.15) is 0 Å². The molecule has 0 spiro atoms. The lowest BCUT2D eigenvalue weighted by Gasteiger charge is -2.16. The van der Waals surface area contributed by atoms with Gasteiger partial charge in [-0.2, -0.15) is 0 Å². The van der Waals surface area contributed by atoms with Gasteiger partial charge in [0, 0.05) is 13.1 Å². The molecule has 2 aliphatic rings. The highest BCUT2D eigenvalue weighted by atomic mass is 16.5. The van der Waals surface area contributed by atoms with Gasteiger partial charge in [-0.15, -0.1) is 0 Å². The molecule has 6 nitrogen and oxygen atoms in total. The quantitative estimate of drug-likeness (QED) is 0.431. The summed E-state index contributed by atoms with van der Waals surface area (Å²) in [5.74, 6) is 0.781. The number of benzene rings is 2. The molecule has 1 aliphatic heterocycles. The van der Waals surface area contributed by atoms with Crippen LogP contribution in [-0.4, -0.2) is 62.0 Å². The van der Waals surface area contributed by atoms with Crippen molar-refractivity contribution in [2.75, 3.05) is 34.3 Å². The fourth-order valence-corrected chi connectivity index (χ4v) is 4.34. The van der Waals surface area contributed by atoms with Crippen LogP contribution in [0, 0.1) is 0 Å². The molecule has 2 fully saturated rings. The Hall–Kier alpha value is -3.38. The predicted octanol–water partition coefficient (Wildman–Crippen LogP) is 4.41. The summed E-state index contributed by atoms with van der Waals surface area (Å²) in [4.78, 5) is 29.8. The number of methoxy groups -OCH3 is 1. The van der Waals surface area contributed by atoms with Gasteiger partial charge < -0.3 is 14.4 Å². The number of likely N-dealkylation sites (N-methyl/N-ethyl adjacent to an activating group) is 1. The summed E-state index contributed by atoms with van der Waals surface area (Å²) in [7, 11) is 5.45. The molecule has 0 atom stereocenters. The Morgan fingerprint density at radius 3 is 2.18 bits per heavy atom. The van der Waals surface area contributed by atoms with E-state index in [4.69, 9.17) is 9.47 Å². The van der Waals surface area contributed by atoms with Crippen molar-refractivity contribution in [3.63, 3.8) is 0 Å². The van der Waals surface area contributed by atoms with E-state index in [2.05, 4.69) is 0 Å². The molecule has 1 heterocycles. The van der Waals surface area contributed by atoms with Crippen molar-refractivity contribution in [3.8, 4) is 11.5 Å². The zero-order chi connectivity index (χ0) is 24.1. The lowest BCUT2D eigenvalue weighted by atomic mass is 10.0. The molecule has 2 amide bonds. The van der Waals surface area contributed by atoms with Gasteiger partial charge >= 0.3 is 0 Å². The number of amides is 2. The van der Waals surface area contributed by atoms with Crippen LogP contribution in [0.3, 0.4) is 0 Å². The number of hydrogen-bond donors (Lipinski definition) is 0. The van der Waals surface area contributed by atoms with Gasteiger partial charge in [-0.25, -0.2) is 0 Å². The molecule has 1 saturated carbocycles. The van der Waals surface area contributed by atoms with Gasteiger partial charge in [0.2, 0.25) is 0 Å². The van der Waals surface area contributed by atoms with Crippen LogP contribution in [0.2, 0.25) is 0 Å². The van der Waals surface area contributed by atoms with Crippen LogP contribution < -0.4 is 9.47 Å². The Morgan fingerprint density at radius 2 is 1.56 bits per heavy atom. The average Bonchev–Trinajstić information content (AvgIpc) is 3.42. The molecule has 0 radical (unpaired) electrons. The number of carbonyl (C=O) groups excluding carboxylic acids is 2. The molecule has 4 rings (SSSR count). The Kier molecular flexibility index (Phi) is 7.48. The van der Waals surface area contributed by atoms with Crippen molar-refractivity contribution >= 4 is 24.0 Å². The topological polar surface area (TPSA) is 59.1 Å². The molecule has 0 aromatic heterocycles. The van der Waals surface area contributed by atoms with Crippen LogP contribution in [0.1, 0.15) is 36.8 Å². The summed E-state index contributed by atoms with van der Waals surface area (Å²) in [6.07, 6.45) is 8.27. The first-order valence-electron chi connectivity index (χ1n) is 11.8. The molecule has 0 bridgehead atoms. The zero-order valence-electron chi connectivity index (χ0n) is 20.1. The summed E-state index contributed by atoms with van der Waals surface area (Å²) < 4.78 is 11.7. The summed E-state index contributed by atoms with van der Waals surface area (Å²) in [5, 5.41) is 0. The second-order valence-electron chi connectivity index (χ2n) is 9.03. The van der Waals surface area contributed by atoms with Crippen molar-refractivity contribution < 1.29 is 19.1 Å². The van der Waals surface area contributed by atoms with Crippen LogP contribution >= 0.6 is 0 Å². The second kappa shape index (κ2) is 10.7. The molecule has 178 valence electrons. The third-order valence-electron chi connectivity index (χ3n) is 6.22. The molecule has 1 saturated heterocycles. The molecule has 2 aromatic carbocycles. The first kappa shape index (κ1) is 23.8. The fraction of sp³-hybridized carbons (Fsp3) is 0.357. The third-order valence-corrected chi connectivity index (χ3v) is 6.22. The molecular weight excluding hydrogens is 428 g/mol. The van der Waals surface area contributed by atoms with Gasteiger partial charge in [0.05, 0.1) is 24.4 Å². The van der Waals surface area contributed by atoms with E-state index >= 15 is 0 Å². The van der Waals surface area contributed by atoms with Crippen LogP contribution in [-0.2, 0) is 9.59 Å². The third kappa shape index (κ3) is 5.39. The monoisotopic (exact) mass is 460 g/mol. The number of ether oxygens (including phenoxy) is 2. The Labute approximate surface area is 201 Å². The first-order chi connectivity index (χ1) is 16.5. The van der Waals surface area contributed by atoms with E-state index in [-0.39, 0.29) is 17.9 Å². The van der Waals surface area contributed by atoms with Gasteiger partial charge in [0.15, 0.2) is 11.5 Å². The lowest BCUT2D eigenvalue weighted by molar-refractivity contribution is -0.136. The fourth-order valence-electron chi connectivity index (χ4n) is 4.34. The minimum absolute atomic E-state index is 0.220. The van der Waals surface area contributed by atoms with E-state index in [1.165, 1.54) is 17.7 Å². The predicted molar refractivity (Wildman–Crippen MR) is 134 cm³/mol. The average molecular weight is 461 g/mol. The van der Waals surface area contributed by atoms with E-state index in [1.54, 1.807) is 19.3 Å². The van der Waals surface area contributed by atoms with Crippen molar-refractivity contribution in [3.05, 3.63) is 70.8 Å². The number of nitrogens with zero attached hydrogens (tertiary/aromatic N) is 2. The van der Waals surface area contributed by atoms with E-state index in [1.807, 2.05) is 67.5 Å². The maximum Gasteiger partial charge on any atom is 0.261 e. The Morgan fingerprint density at radius 1 is 0.912 bits per heavy atom. The smallest absolute Gasteiger partial charge is 0.261 e. The number of imide groups is 1. The standard InChI is InChI=1S/C28H32N2O4/c1-29(2)15-16-30-27(31)23(17-20-9-5-4-6-10-20)24(28(30)32)18-21-13-14-25(26(19-21)33-3)34-22-11-7-8-12-22/h4-6,9-10,13-14,17-19,22H,7-8,11-12,15-16H2,1-3H3/b23-17+,24-18-. The van der Waals surface area contributed by atoms with Crippen molar-refractivity contribution in [2.45, 2.75) is 31.8 Å². The maximum atomic E-state index is 13.3. The summed E-state index contributed by atoms with van der Waals surface area (Å²) >= 11 is 0. The van der Waals surface area contributed by atoms with Crippen LogP contribution in [0.4, 0.5) is 0 Å². The van der Waals surface area contributed by atoms with Crippen molar-refractivity contribution in [1.82, 2.24) is 9.80 Å². The maximum absolute atomic E-state index is 13.3. The Balaban J connectivity index is 1.68.